The van der Waals surface area contributed by atoms with Crippen molar-refractivity contribution in [1.82, 2.24) is 19.9 Å². The first-order valence-electron chi connectivity index (χ1n) is 9.18. The van der Waals surface area contributed by atoms with E-state index in [2.05, 4.69) is 30.6 Å². The second-order valence-corrected chi connectivity index (χ2v) is 7.42. The maximum atomic E-state index is 14.6. The number of hydrogen-bond acceptors (Lipinski definition) is 6. The van der Waals surface area contributed by atoms with Gasteiger partial charge in [-0.2, -0.15) is 4.39 Å². The van der Waals surface area contributed by atoms with Crippen molar-refractivity contribution < 1.29 is 18.0 Å². The molecule has 3 heterocycles. The lowest BCUT2D eigenvalue weighted by Crippen LogP contribution is -2.44. The molecule has 0 aliphatic heterocycles. The van der Waals surface area contributed by atoms with Gasteiger partial charge in [-0.05, 0) is 26.0 Å². The number of aromatic amines is 1. The third-order valence-corrected chi connectivity index (χ3v) is 4.68. The molecule has 0 bridgehead atoms. The van der Waals surface area contributed by atoms with E-state index in [4.69, 9.17) is 0 Å². The Morgan fingerprint density at radius 1 is 1.24 bits per heavy atom. The summed E-state index contributed by atoms with van der Waals surface area (Å²) in [6.07, 6.45) is 2.18. The van der Waals surface area contributed by atoms with Crippen molar-refractivity contribution in [2.75, 3.05) is 10.6 Å². The normalized spacial score (nSPS) is 16.1. The number of ketones is 1. The van der Waals surface area contributed by atoms with Crippen LogP contribution in [-0.2, 0) is 0 Å². The molecule has 3 aromatic rings. The zero-order chi connectivity index (χ0) is 20.8. The van der Waals surface area contributed by atoms with E-state index in [0.717, 1.165) is 0 Å². The zero-order valence-electron chi connectivity index (χ0n) is 15.8. The average Bonchev–Trinajstić information content (AvgIpc) is 3.04. The molecule has 1 saturated carbocycles. The number of nitrogens with zero attached hydrogens (tertiary/aromatic N) is 3. The Bertz CT molecular complexity index is 1070. The van der Waals surface area contributed by atoms with Crippen molar-refractivity contribution >= 4 is 28.5 Å². The summed E-state index contributed by atoms with van der Waals surface area (Å²) in [7, 11) is 0. The number of halogens is 3. The molecule has 3 aromatic heterocycles. The maximum Gasteiger partial charge on any atom is 0.252 e. The van der Waals surface area contributed by atoms with Crippen molar-refractivity contribution in [3.8, 4) is 0 Å². The highest BCUT2D eigenvalue weighted by atomic mass is 19.3. The van der Waals surface area contributed by atoms with Gasteiger partial charge in [0.1, 0.15) is 23.6 Å². The van der Waals surface area contributed by atoms with Crippen molar-refractivity contribution in [1.29, 1.82) is 0 Å². The first kappa shape index (κ1) is 19.2. The maximum absolute atomic E-state index is 14.6. The molecule has 0 radical (unpaired) electrons. The van der Waals surface area contributed by atoms with Gasteiger partial charge in [0.25, 0.3) is 5.92 Å². The molecule has 29 heavy (non-hydrogen) atoms. The summed E-state index contributed by atoms with van der Waals surface area (Å²) >= 11 is 0. The fourth-order valence-electron chi connectivity index (χ4n) is 3.33. The Balaban J connectivity index is 1.61. The van der Waals surface area contributed by atoms with Gasteiger partial charge in [-0.25, -0.2) is 23.7 Å². The van der Waals surface area contributed by atoms with Gasteiger partial charge in [-0.15, -0.1) is 0 Å². The third kappa shape index (κ3) is 3.74. The van der Waals surface area contributed by atoms with Crippen LogP contribution in [0.1, 0.15) is 42.6 Å². The van der Waals surface area contributed by atoms with Crippen LogP contribution in [0.3, 0.4) is 0 Å². The van der Waals surface area contributed by atoms with Gasteiger partial charge in [0.15, 0.2) is 5.78 Å². The Labute approximate surface area is 164 Å². The number of aromatic nitrogens is 4. The highest BCUT2D eigenvalue weighted by Crippen LogP contribution is 2.39. The first-order chi connectivity index (χ1) is 13.7. The van der Waals surface area contributed by atoms with Gasteiger partial charge in [0, 0.05) is 31.1 Å². The largest absolute Gasteiger partial charge is 0.367 e. The summed E-state index contributed by atoms with van der Waals surface area (Å²) in [4.78, 5) is 27.9. The third-order valence-electron chi connectivity index (χ3n) is 4.68. The Hall–Kier alpha value is -3.17. The summed E-state index contributed by atoms with van der Waals surface area (Å²) in [6, 6.07) is 2.30. The van der Waals surface area contributed by atoms with Gasteiger partial charge in [0.05, 0.1) is 16.5 Å². The molecule has 0 spiro atoms. The Morgan fingerprint density at radius 2 is 2.00 bits per heavy atom. The van der Waals surface area contributed by atoms with Crippen LogP contribution in [0.2, 0.25) is 0 Å². The quantitative estimate of drug-likeness (QED) is 0.428. The standard InChI is InChI=1S/C19H19F3N6O/c1-9(2)26-18-14-12(7-23-17(14)24-8-25-18)15(29)11-3-4-13(28-16(11)20)27-10-5-19(21,22)6-10/h3-4,7-10H,5-6H2,1-2H3,(H,27,28)(H2,23,24,25,26). The highest BCUT2D eigenvalue weighted by molar-refractivity contribution is 6.18. The molecular formula is C19H19F3N6O. The molecule has 0 amide bonds. The fourth-order valence-corrected chi connectivity index (χ4v) is 3.33. The molecule has 3 N–H and O–H groups in total. The minimum atomic E-state index is -2.69. The number of rotatable bonds is 6. The molecule has 0 saturated heterocycles. The summed E-state index contributed by atoms with van der Waals surface area (Å²) < 4.78 is 40.4. The lowest BCUT2D eigenvalue weighted by Gasteiger charge is -2.35. The van der Waals surface area contributed by atoms with Crippen LogP contribution >= 0.6 is 0 Å². The molecule has 1 aliphatic carbocycles. The number of pyridine rings is 1. The van der Waals surface area contributed by atoms with Crippen molar-refractivity contribution in [3.05, 3.63) is 41.7 Å². The van der Waals surface area contributed by atoms with Gasteiger partial charge in [0.2, 0.25) is 5.95 Å². The molecule has 152 valence electrons. The van der Waals surface area contributed by atoms with Crippen LogP contribution in [0.4, 0.5) is 24.8 Å². The lowest BCUT2D eigenvalue weighted by atomic mass is 9.88. The molecule has 7 nitrogen and oxygen atoms in total. The minimum Gasteiger partial charge on any atom is -0.367 e. The topological polar surface area (TPSA) is 95.6 Å². The molecule has 0 atom stereocenters. The Kier molecular flexibility index (Phi) is 4.64. The number of nitrogens with one attached hydrogen (secondary N) is 3. The molecule has 0 unspecified atom stereocenters. The number of carbonyl (C=O) groups excluding carboxylic acids is 1. The van der Waals surface area contributed by atoms with E-state index in [0.29, 0.717) is 16.9 Å². The van der Waals surface area contributed by atoms with E-state index < -0.39 is 23.7 Å². The van der Waals surface area contributed by atoms with Crippen molar-refractivity contribution in [2.45, 2.75) is 44.7 Å². The predicted molar refractivity (Wildman–Crippen MR) is 102 cm³/mol. The number of hydrogen-bond donors (Lipinski definition) is 3. The van der Waals surface area contributed by atoms with Gasteiger partial charge in [-0.1, -0.05) is 0 Å². The predicted octanol–water partition coefficient (Wildman–Crippen LogP) is 3.75. The first-order valence-corrected chi connectivity index (χ1v) is 9.18. The summed E-state index contributed by atoms with van der Waals surface area (Å²) in [5.74, 6) is -3.66. The van der Waals surface area contributed by atoms with E-state index >= 15 is 0 Å². The molecule has 0 aromatic carbocycles. The number of carbonyl (C=O) groups is 1. The van der Waals surface area contributed by atoms with Gasteiger partial charge < -0.3 is 15.6 Å². The number of fused-ring (bicyclic) bond motifs is 1. The van der Waals surface area contributed by atoms with Crippen LogP contribution in [0.15, 0.2) is 24.7 Å². The van der Waals surface area contributed by atoms with Crippen LogP contribution in [0, 0.1) is 5.95 Å². The summed E-state index contributed by atoms with van der Waals surface area (Å²) in [5.41, 5.74) is 0.433. The molecule has 4 rings (SSSR count). The van der Waals surface area contributed by atoms with Gasteiger partial charge in [-0.3, -0.25) is 4.79 Å². The number of alkyl halides is 2. The second-order valence-electron chi connectivity index (χ2n) is 7.42. The fraction of sp³-hybridized carbons (Fsp3) is 0.368. The molecule has 1 aliphatic rings. The van der Waals surface area contributed by atoms with E-state index in [-0.39, 0.29) is 35.8 Å². The minimum absolute atomic E-state index is 0.0635. The summed E-state index contributed by atoms with van der Waals surface area (Å²) in [5, 5.41) is 6.36. The van der Waals surface area contributed by atoms with Crippen molar-refractivity contribution in [3.63, 3.8) is 0 Å². The smallest absolute Gasteiger partial charge is 0.252 e. The monoisotopic (exact) mass is 404 g/mol. The van der Waals surface area contributed by atoms with E-state index in [1.54, 1.807) is 0 Å². The van der Waals surface area contributed by atoms with Crippen LogP contribution < -0.4 is 10.6 Å². The highest BCUT2D eigenvalue weighted by Gasteiger charge is 2.45. The molecule has 10 heteroatoms. The Morgan fingerprint density at radius 3 is 2.66 bits per heavy atom. The number of anilines is 2. The van der Waals surface area contributed by atoms with Crippen LogP contribution in [0.5, 0.6) is 0 Å². The number of H-pyrrole nitrogens is 1. The summed E-state index contributed by atoms with van der Waals surface area (Å²) in [6.45, 7) is 3.85. The van der Waals surface area contributed by atoms with Gasteiger partial charge >= 0.3 is 0 Å². The zero-order valence-corrected chi connectivity index (χ0v) is 15.8. The van der Waals surface area contributed by atoms with E-state index in [1.807, 2.05) is 13.8 Å². The average molecular weight is 404 g/mol. The van der Waals surface area contributed by atoms with Crippen LogP contribution in [0.25, 0.3) is 11.0 Å². The molecular weight excluding hydrogens is 385 g/mol. The van der Waals surface area contributed by atoms with E-state index in [1.165, 1.54) is 24.7 Å². The van der Waals surface area contributed by atoms with E-state index in [9.17, 15) is 18.0 Å². The SMILES string of the molecule is CC(C)Nc1ncnc2[nH]cc(C(=O)c3ccc(NC4CC(F)(F)C4)nc3F)c12. The lowest BCUT2D eigenvalue weighted by molar-refractivity contribution is -0.0794. The van der Waals surface area contributed by atoms with Crippen molar-refractivity contribution in [2.24, 2.45) is 0 Å². The second kappa shape index (κ2) is 7.02. The molecule has 1 fully saturated rings. The van der Waals surface area contributed by atoms with Crippen LogP contribution in [-0.4, -0.2) is 43.7 Å².